The lowest BCUT2D eigenvalue weighted by atomic mass is 10.0. The number of amides is 1. The van der Waals surface area contributed by atoms with E-state index in [0.29, 0.717) is 56.8 Å². The number of alkyl halides is 6. The van der Waals surface area contributed by atoms with Crippen molar-refractivity contribution in [1.29, 1.82) is 0 Å². The van der Waals surface area contributed by atoms with Gasteiger partial charge in [0, 0.05) is 34.3 Å². The largest absolute Gasteiger partial charge is 0.493 e. The molecule has 0 atom stereocenters. The zero-order chi connectivity index (χ0) is 30.2. The second-order valence-corrected chi connectivity index (χ2v) is 9.07. The molecule has 0 unspecified atom stereocenters. The summed E-state index contributed by atoms with van der Waals surface area (Å²) in [6.45, 7) is 0. The highest BCUT2D eigenvalue weighted by molar-refractivity contribution is 6.09. The van der Waals surface area contributed by atoms with Crippen LogP contribution in [0.2, 0.25) is 0 Å². The van der Waals surface area contributed by atoms with Crippen molar-refractivity contribution < 1.29 is 45.3 Å². The maximum Gasteiger partial charge on any atom is 0.416 e. The van der Waals surface area contributed by atoms with E-state index < -0.39 is 35.0 Å². The van der Waals surface area contributed by atoms with Gasteiger partial charge in [0.15, 0.2) is 11.5 Å². The minimum absolute atomic E-state index is 0.0329. The molecule has 12 heteroatoms. The van der Waals surface area contributed by atoms with E-state index >= 15 is 0 Å². The van der Waals surface area contributed by atoms with Crippen LogP contribution in [0, 0.1) is 0 Å². The van der Waals surface area contributed by atoms with Gasteiger partial charge in [-0.25, -0.2) is 0 Å². The number of hydrogen-bond acceptors (Lipinski definition) is 5. The number of anilines is 1. The summed E-state index contributed by atoms with van der Waals surface area (Å²) in [6, 6.07) is 15.5. The van der Waals surface area contributed by atoms with Gasteiger partial charge in [0.05, 0.1) is 30.9 Å². The molecule has 5 rings (SSSR count). The number of nitrogens with one attached hydrogen (secondary N) is 1. The fraction of sp³-hybridized carbons (Fsp3) is 0.133. The van der Waals surface area contributed by atoms with Crippen molar-refractivity contribution in [1.82, 2.24) is 4.98 Å². The summed E-state index contributed by atoms with van der Waals surface area (Å²) in [6.07, 6.45) is -8.59. The SMILES string of the molecule is COc1cc2nccc(Oc3ccc4c(NC(=O)c5cc(C(F)(F)F)cc(C(F)(F)F)c5)cccc4c3)c2cc1OC. The van der Waals surface area contributed by atoms with Crippen molar-refractivity contribution in [2.75, 3.05) is 19.5 Å². The van der Waals surface area contributed by atoms with Gasteiger partial charge in [-0.05, 0) is 60.0 Å². The monoisotopic (exact) mass is 586 g/mol. The number of rotatable bonds is 6. The number of hydrogen-bond donors (Lipinski definition) is 1. The molecule has 0 aliphatic heterocycles. The van der Waals surface area contributed by atoms with Crippen LogP contribution in [0.25, 0.3) is 21.7 Å². The predicted octanol–water partition coefficient (Wildman–Crippen LogP) is 8.49. The number of methoxy groups -OCH3 is 2. The molecule has 0 fully saturated rings. The van der Waals surface area contributed by atoms with Crippen LogP contribution in [0.15, 0.2) is 79.0 Å². The van der Waals surface area contributed by atoms with Crippen molar-refractivity contribution in [2.24, 2.45) is 0 Å². The van der Waals surface area contributed by atoms with Crippen molar-refractivity contribution in [2.45, 2.75) is 12.4 Å². The maximum atomic E-state index is 13.3. The number of halogens is 6. The molecule has 0 radical (unpaired) electrons. The Kier molecular flexibility index (Phi) is 7.31. The number of ether oxygens (including phenoxy) is 3. The van der Waals surface area contributed by atoms with E-state index in [1.807, 2.05) is 0 Å². The van der Waals surface area contributed by atoms with Crippen LogP contribution in [0.3, 0.4) is 0 Å². The minimum atomic E-state index is -5.08. The number of aromatic nitrogens is 1. The van der Waals surface area contributed by atoms with Crippen LogP contribution >= 0.6 is 0 Å². The summed E-state index contributed by atoms with van der Waals surface area (Å²) in [4.78, 5) is 17.2. The van der Waals surface area contributed by atoms with Gasteiger partial charge in [0.1, 0.15) is 11.5 Å². The van der Waals surface area contributed by atoms with Gasteiger partial charge in [0.2, 0.25) is 0 Å². The first-order chi connectivity index (χ1) is 19.9. The van der Waals surface area contributed by atoms with Crippen LogP contribution in [-0.4, -0.2) is 25.1 Å². The van der Waals surface area contributed by atoms with Crippen molar-refractivity contribution in [3.05, 3.63) is 95.7 Å². The highest BCUT2D eigenvalue weighted by Crippen LogP contribution is 2.39. The molecule has 0 aliphatic rings. The predicted molar refractivity (Wildman–Crippen MR) is 143 cm³/mol. The van der Waals surface area contributed by atoms with E-state index in [9.17, 15) is 31.1 Å². The smallest absolute Gasteiger partial charge is 0.416 e. The van der Waals surface area contributed by atoms with E-state index in [0.717, 1.165) is 0 Å². The summed E-state index contributed by atoms with van der Waals surface area (Å²) >= 11 is 0. The first kappa shape index (κ1) is 28.5. The van der Waals surface area contributed by atoms with Crippen molar-refractivity contribution >= 4 is 33.3 Å². The molecule has 1 N–H and O–H groups in total. The van der Waals surface area contributed by atoms with Gasteiger partial charge in [-0.2, -0.15) is 26.3 Å². The molecule has 0 spiro atoms. The first-order valence-electron chi connectivity index (χ1n) is 12.2. The molecule has 0 bridgehead atoms. The average Bonchev–Trinajstić information content (AvgIpc) is 2.95. The van der Waals surface area contributed by atoms with E-state index in [1.54, 1.807) is 54.7 Å². The Bertz CT molecular complexity index is 1790. The quantitative estimate of drug-likeness (QED) is 0.202. The summed E-state index contributed by atoms with van der Waals surface area (Å²) in [5.74, 6) is 0.724. The fourth-order valence-electron chi connectivity index (χ4n) is 4.38. The average molecular weight is 586 g/mol. The van der Waals surface area contributed by atoms with Crippen LogP contribution in [-0.2, 0) is 12.4 Å². The molecular formula is C30H20F6N2O4. The Hall–Kier alpha value is -5.00. The van der Waals surface area contributed by atoms with Gasteiger partial charge < -0.3 is 19.5 Å². The minimum Gasteiger partial charge on any atom is -0.493 e. The van der Waals surface area contributed by atoms with E-state index in [1.165, 1.54) is 20.3 Å². The molecule has 0 saturated carbocycles. The Balaban J connectivity index is 1.46. The lowest BCUT2D eigenvalue weighted by molar-refractivity contribution is -0.143. The van der Waals surface area contributed by atoms with E-state index in [2.05, 4.69) is 10.3 Å². The highest BCUT2D eigenvalue weighted by Gasteiger charge is 2.37. The summed E-state index contributed by atoms with van der Waals surface area (Å²) in [7, 11) is 3.01. The third kappa shape index (κ3) is 5.73. The molecule has 6 nitrogen and oxygen atoms in total. The van der Waals surface area contributed by atoms with E-state index in [4.69, 9.17) is 14.2 Å². The Morgan fingerprint density at radius 2 is 1.40 bits per heavy atom. The van der Waals surface area contributed by atoms with Gasteiger partial charge in [0.25, 0.3) is 5.91 Å². The summed E-state index contributed by atoms with van der Waals surface area (Å²) < 4.78 is 96.4. The van der Waals surface area contributed by atoms with Crippen molar-refractivity contribution in [3.8, 4) is 23.0 Å². The van der Waals surface area contributed by atoms with Crippen LogP contribution < -0.4 is 19.5 Å². The normalized spacial score (nSPS) is 11.9. The third-order valence-corrected chi connectivity index (χ3v) is 6.38. The number of pyridine rings is 1. The van der Waals surface area contributed by atoms with Crippen LogP contribution in [0.4, 0.5) is 32.0 Å². The lowest BCUT2D eigenvalue weighted by Gasteiger charge is -2.15. The van der Waals surface area contributed by atoms with Crippen LogP contribution in [0.1, 0.15) is 21.5 Å². The molecule has 0 saturated heterocycles. The van der Waals surface area contributed by atoms with Gasteiger partial charge >= 0.3 is 12.4 Å². The molecule has 0 aliphatic carbocycles. The Morgan fingerprint density at radius 1 is 0.738 bits per heavy atom. The standard InChI is InChI=1S/C30H20F6N2O4/c1-40-26-14-22-24(15-27(26)41-2)37-9-8-25(22)42-20-6-7-21-16(12-20)4-3-5-23(21)38-28(39)17-10-18(29(31,32)33)13-19(11-17)30(34,35)36/h3-15H,1-2H3,(H,38,39). The number of fused-ring (bicyclic) bond motifs is 2. The summed E-state index contributed by atoms with van der Waals surface area (Å²) in [5.41, 5.74) is -3.17. The van der Waals surface area contributed by atoms with E-state index in [-0.39, 0.29) is 11.8 Å². The maximum absolute atomic E-state index is 13.3. The molecule has 1 amide bonds. The second kappa shape index (κ2) is 10.8. The highest BCUT2D eigenvalue weighted by atomic mass is 19.4. The Morgan fingerprint density at radius 3 is 2.05 bits per heavy atom. The zero-order valence-corrected chi connectivity index (χ0v) is 21.9. The fourth-order valence-corrected chi connectivity index (χ4v) is 4.38. The molecule has 42 heavy (non-hydrogen) atoms. The summed E-state index contributed by atoms with van der Waals surface area (Å²) in [5, 5.41) is 4.14. The number of carbonyl (C=O) groups is 1. The second-order valence-electron chi connectivity index (χ2n) is 9.07. The number of benzene rings is 4. The number of nitrogens with zero attached hydrogens (tertiary/aromatic N) is 1. The van der Waals surface area contributed by atoms with Gasteiger partial charge in [-0.1, -0.05) is 12.1 Å². The molecule has 4 aromatic carbocycles. The lowest BCUT2D eigenvalue weighted by Crippen LogP contribution is -2.17. The van der Waals surface area contributed by atoms with Crippen molar-refractivity contribution in [3.63, 3.8) is 0 Å². The molecular weight excluding hydrogens is 566 g/mol. The Labute approximate surface area is 234 Å². The molecule has 216 valence electrons. The van der Waals surface area contributed by atoms with Crippen LogP contribution in [0.5, 0.6) is 23.0 Å². The topological polar surface area (TPSA) is 69.7 Å². The molecule has 5 aromatic rings. The van der Waals surface area contributed by atoms with Gasteiger partial charge in [-0.15, -0.1) is 0 Å². The number of carbonyl (C=O) groups excluding carboxylic acids is 1. The molecule has 1 aromatic heterocycles. The molecule has 1 heterocycles. The third-order valence-electron chi connectivity index (χ3n) is 6.38. The first-order valence-corrected chi connectivity index (χ1v) is 12.2. The van der Waals surface area contributed by atoms with Gasteiger partial charge in [-0.3, -0.25) is 9.78 Å². The zero-order valence-electron chi connectivity index (χ0n) is 21.9.